The third-order valence-corrected chi connectivity index (χ3v) is 8.14. The van der Waals surface area contributed by atoms with Gasteiger partial charge in [0.05, 0.1) is 10.3 Å². The van der Waals surface area contributed by atoms with Gasteiger partial charge in [-0.15, -0.1) is 22.9 Å². The van der Waals surface area contributed by atoms with Crippen LogP contribution in [-0.2, 0) is 14.3 Å². The molecule has 2 aliphatic heterocycles. The summed E-state index contributed by atoms with van der Waals surface area (Å²) in [5.41, 5.74) is 1.82. The molecule has 3 fully saturated rings. The Hall–Kier alpha value is -2.36. The number of carbonyl (C=O) groups is 3. The van der Waals surface area contributed by atoms with Crippen LogP contribution in [0, 0.1) is 12.8 Å². The zero-order chi connectivity index (χ0) is 23.1. The molecule has 0 bridgehead atoms. The van der Waals surface area contributed by atoms with E-state index in [0.717, 1.165) is 41.8 Å². The number of hydrogen-bond acceptors (Lipinski definition) is 7. The minimum atomic E-state index is -0.716. The first kappa shape index (κ1) is 22.4. The standard InChI is InChI=1S/C23H25ClN4O4S/c1-12-8-14(6-7-25-12)17-9-26-22(33-17)21(30)27-18(13-4-2-3-5-13)23(31)28-10-15(24)20-19(28)16(29)11-32-20/h6-9,13,15,18-20H,2-5,10-11H2,1H3,(H,27,30). The zero-order valence-corrected chi connectivity index (χ0v) is 19.8. The molecule has 10 heteroatoms. The van der Waals surface area contributed by atoms with E-state index in [2.05, 4.69) is 15.3 Å². The molecule has 5 rings (SSSR count). The second-order valence-electron chi connectivity index (χ2n) is 8.90. The predicted molar refractivity (Wildman–Crippen MR) is 123 cm³/mol. The van der Waals surface area contributed by atoms with Crippen LogP contribution in [0.25, 0.3) is 10.4 Å². The molecular weight excluding hydrogens is 464 g/mol. The maximum atomic E-state index is 13.6. The van der Waals surface area contributed by atoms with E-state index in [4.69, 9.17) is 16.3 Å². The van der Waals surface area contributed by atoms with Gasteiger partial charge in [-0.1, -0.05) is 12.8 Å². The number of alkyl halides is 1. The number of nitrogens with zero attached hydrogens (tertiary/aromatic N) is 3. The minimum absolute atomic E-state index is 0.0222. The second kappa shape index (κ2) is 9.12. The summed E-state index contributed by atoms with van der Waals surface area (Å²) in [7, 11) is 0. The number of hydrogen-bond donors (Lipinski definition) is 1. The Morgan fingerprint density at radius 1 is 1.30 bits per heavy atom. The first-order valence-corrected chi connectivity index (χ1v) is 12.5. The van der Waals surface area contributed by atoms with Crippen LogP contribution in [0.2, 0.25) is 0 Å². The van der Waals surface area contributed by atoms with Crippen LogP contribution in [0.15, 0.2) is 24.5 Å². The van der Waals surface area contributed by atoms with Gasteiger partial charge in [-0.25, -0.2) is 4.98 Å². The molecule has 4 atom stereocenters. The van der Waals surface area contributed by atoms with E-state index in [1.165, 1.54) is 16.2 Å². The normalized spacial score (nSPS) is 25.9. The number of ether oxygens (including phenoxy) is 1. The van der Waals surface area contributed by atoms with E-state index in [-0.39, 0.29) is 36.7 Å². The fraction of sp³-hybridized carbons (Fsp3) is 0.522. The number of rotatable bonds is 5. The summed E-state index contributed by atoms with van der Waals surface area (Å²) in [4.78, 5) is 50.0. The van der Waals surface area contributed by atoms with Gasteiger partial charge >= 0.3 is 0 Å². The van der Waals surface area contributed by atoms with Crippen molar-refractivity contribution in [1.29, 1.82) is 0 Å². The van der Waals surface area contributed by atoms with Crippen molar-refractivity contribution < 1.29 is 19.1 Å². The van der Waals surface area contributed by atoms with Crippen LogP contribution < -0.4 is 5.32 Å². The molecule has 33 heavy (non-hydrogen) atoms. The monoisotopic (exact) mass is 488 g/mol. The molecule has 2 amide bonds. The van der Waals surface area contributed by atoms with Crippen LogP contribution in [0.1, 0.15) is 41.2 Å². The van der Waals surface area contributed by atoms with Crippen LogP contribution in [0.5, 0.6) is 0 Å². The molecule has 2 aromatic rings. The number of ketones is 1. The summed E-state index contributed by atoms with van der Waals surface area (Å²) >= 11 is 7.66. The average molecular weight is 489 g/mol. The van der Waals surface area contributed by atoms with Crippen molar-refractivity contribution in [3.63, 3.8) is 0 Å². The molecule has 0 aromatic carbocycles. The number of likely N-dealkylation sites (tertiary alicyclic amines) is 1. The fourth-order valence-electron chi connectivity index (χ4n) is 5.09. The number of halogens is 1. The molecule has 1 aliphatic carbocycles. The largest absolute Gasteiger partial charge is 0.366 e. The molecule has 4 unspecified atom stereocenters. The number of aryl methyl sites for hydroxylation is 1. The van der Waals surface area contributed by atoms with Crippen molar-refractivity contribution in [2.45, 2.75) is 56.2 Å². The molecule has 0 radical (unpaired) electrons. The average Bonchev–Trinajstić information content (AvgIpc) is 3.59. The Morgan fingerprint density at radius 2 is 2.09 bits per heavy atom. The number of nitrogens with one attached hydrogen (secondary N) is 1. The predicted octanol–water partition coefficient (Wildman–Crippen LogP) is 2.59. The Balaban J connectivity index is 1.36. The lowest BCUT2D eigenvalue weighted by Crippen LogP contribution is -2.54. The fourth-order valence-corrected chi connectivity index (χ4v) is 6.26. The summed E-state index contributed by atoms with van der Waals surface area (Å²) < 4.78 is 5.52. The molecule has 1 N–H and O–H groups in total. The first-order valence-electron chi connectivity index (χ1n) is 11.2. The van der Waals surface area contributed by atoms with Gasteiger partial charge in [0, 0.05) is 24.6 Å². The number of carbonyl (C=O) groups excluding carboxylic acids is 3. The highest BCUT2D eigenvalue weighted by Crippen LogP contribution is 2.34. The van der Waals surface area contributed by atoms with Gasteiger partial charge in [0.15, 0.2) is 10.8 Å². The van der Waals surface area contributed by atoms with E-state index in [1.807, 2.05) is 19.1 Å². The van der Waals surface area contributed by atoms with Gasteiger partial charge in [-0.2, -0.15) is 0 Å². The van der Waals surface area contributed by atoms with E-state index in [0.29, 0.717) is 5.01 Å². The Labute approximate surface area is 200 Å². The molecular formula is C23H25ClN4O4S. The van der Waals surface area contributed by atoms with Crippen LogP contribution in [0.4, 0.5) is 0 Å². The Kier molecular flexibility index (Phi) is 6.20. The maximum absolute atomic E-state index is 13.6. The van der Waals surface area contributed by atoms with Crippen molar-refractivity contribution >= 4 is 40.5 Å². The van der Waals surface area contributed by atoms with Crippen molar-refractivity contribution in [2.24, 2.45) is 5.92 Å². The summed E-state index contributed by atoms with van der Waals surface area (Å²) in [6, 6.07) is 2.43. The van der Waals surface area contributed by atoms with E-state index < -0.39 is 23.6 Å². The Morgan fingerprint density at radius 3 is 2.85 bits per heavy atom. The third-order valence-electron chi connectivity index (χ3n) is 6.71. The lowest BCUT2D eigenvalue weighted by Gasteiger charge is -2.30. The quantitative estimate of drug-likeness (QED) is 0.649. The van der Waals surface area contributed by atoms with E-state index >= 15 is 0 Å². The lowest BCUT2D eigenvalue weighted by atomic mass is 9.96. The van der Waals surface area contributed by atoms with E-state index in [1.54, 1.807) is 12.4 Å². The molecule has 2 saturated heterocycles. The number of amides is 2. The molecule has 174 valence electrons. The van der Waals surface area contributed by atoms with Gasteiger partial charge in [-0.3, -0.25) is 19.4 Å². The van der Waals surface area contributed by atoms with E-state index in [9.17, 15) is 14.4 Å². The van der Waals surface area contributed by atoms with Crippen LogP contribution in [0.3, 0.4) is 0 Å². The smallest absolute Gasteiger partial charge is 0.280 e. The van der Waals surface area contributed by atoms with Gasteiger partial charge in [0.25, 0.3) is 5.91 Å². The molecule has 0 spiro atoms. The summed E-state index contributed by atoms with van der Waals surface area (Å²) in [6.45, 7) is 2.12. The highest BCUT2D eigenvalue weighted by molar-refractivity contribution is 7.17. The molecule has 2 aromatic heterocycles. The molecule has 1 saturated carbocycles. The zero-order valence-electron chi connectivity index (χ0n) is 18.2. The number of Topliss-reactive ketones (excluding diaryl/α,β-unsaturated/α-hetero) is 1. The third kappa shape index (κ3) is 4.29. The highest BCUT2D eigenvalue weighted by atomic mass is 35.5. The van der Waals surface area contributed by atoms with Gasteiger partial charge < -0.3 is 15.0 Å². The van der Waals surface area contributed by atoms with Crippen molar-refractivity contribution in [3.8, 4) is 10.4 Å². The molecule has 3 aliphatic rings. The number of thiazole rings is 1. The lowest BCUT2D eigenvalue weighted by molar-refractivity contribution is -0.139. The maximum Gasteiger partial charge on any atom is 0.280 e. The van der Waals surface area contributed by atoms with Crippen LogP contribution in [-0.4, -0.2) is 69.2 Å². The second-order valence-corrected chi connectivity index (χ2v) is 10.5. The van der Waals surface area contributed by atoms with Gasteiger partial charge in [0.1, 0.15) is 24.8 Å². The number of aromatic nitrogens is 2. The van der Waals surface area contributed by atoms with Crippen molar-refractivity contribution in [1.82, 2.24) is 20.2 Å². The topological polar surface area (TPSA) is 101 Å². The van der Waals surface area contributed by atoms with Crippen LogP contribution >= 0.6 is 22.9 Å². The van der Waals surface area contributed by atoms with Gasteiger partial charge in [0.2, 0.25) is 5.91 Å². The number of fused-ring (bicyclic) bond motifs is 1. The molecule has 4 heterocycles. The summed E-state index contributed by atoms with van der Waals surface area (Å²) in [6.07, 6.45) is 6.64. The summed E-state index contributed by atoms with van der Waals surface area (Å²) in [5, 5.41) is 2.81. The highest BCUT2D eigenvalue weighted by Gasteiger charge is 2.53. The SMILES string of the molecule is Cc1cc(-c2cnc(C(=O)NC(C(=O)N3CC(Cl)C4OCC(=O)C43)C3CCCC3)s2)ccn1. The molecule has 8 nitrogen and oxygen atoms in total. The first-order chi connectivity index (χ1) is 15.9. The summed E-state index contributed by atoms with van der Waals surface area (Å²) in [5.74, 6) is -0.748. The van der Waals surface area contributed by atoms with Gasteiger partial charge in [-0.05, 0) is 43.4 Å². The Bertz CT molecular complexity index is 1090. The number of pyridine rings is 1. The minimum Gasteiger partial charge on any atom is -0.366 e. The van der Waals surface area contributed by atoms with Crippen molar-refractivity contribution in [2.75, 3.05) is 13.2 Å². The van der Waals surface area contributed by atoms with Crippen molar-refractivity contribution in [3.05, 3.63) is 35.2 Å².